The van der Waals surface area contributed by atoms with E-state index in [1.807, 2.05) is 0 Å². The molecule has 0 aromatic carbocycles. The number of aromatic nitrogens is 3. The number of halogens is 1. The molecule has 0 bridgehead atoms. The van der Waals surface area contributed by atoms with Gasteiger partial charge in [-0.3, -0.25) is 10.1 Å². The first kappa shape index (κ1) is 13.5. The Kier molecular flexibility index (Phi) is 4.16. The van der Waals surface area contributed by atoms with Gasteiger partial charge in [0.15, 0.2) is 0 Å². The largest absolute Gasteiger partial charge is 0.295 e. The molecule has 0 atom stereocenters. The molecule has 7 heteroatoms. The highest BCUT2D eigenvalue weighted by atomic mass is 32.1. The topological polar surface area (TPSA) is 67.8 Å². The van der Waals surface area contributed by atoms with E-state index in [4.69, 9.17) is 0 Å². The van der Waals surface area contributed by atoms with Crippen molar-refractivity contribution in [2.45, 2.75) is 20.3 Å². The predicted octanol–water partition coefficient (Wildman–Crippen LogP) is 2.52. The van der Waals surface area contributed by atoms with E-state index in [0.29, 0.717) is 11.0 Å². The third kappa shape index (κ3) is 3.78. The van der Waals surface area contributed by atoms with Crippen molar-refractivity contribution >= 4 is 22.4 Å². The van der Waals surface area contributed by atoms with E-state index in [-0.39, 0.29) is 5.69 Å². The number of hydrogen-bond acceptors (Lipinski definition) is 5. The van der Waals surface area contributed by atoms with E-state index >= 15 is 0 Å². The molecule has 2 heterocycles. The minimum atomic E-state index is -0.689. The Morgan fingerprint density at radius 2 is 2.21 bits per heavy atom. The van der Waals surface area contributed by atoms with Crippen molar-refractivity contribution in [2.75, 3.05) is 5.32 Å². The molecule has 0 saturated carbocycles. The maximum atomic E-state index is 12.9. The number of nitrogens with one attached hydrogen (secondary N) is 1. The number of carbonyl (C=O) groups is 1. The third-order valence-electron chi connectivity index (χ3n) is 2.22. The van der Waals surface area contributed by atoms with Crippen LogP contribution in [0.15, 0.2) is 18.2 Å². The molecule has 0 aliphatic carbocycles. The fourth-order valence-corrected chi connectivity index (χ4v) is 2.38. The van der Waals surface area contributed by atoms with Gasteiger partial charge in [-0.25, -0.2) is 4.98 Å². The first-order valence-corrected chi connectivity index (χ1v) is 6.62. The Morgan fingerprint density at radius 1 is 1.42 bits per heavy atom. The highest BCUT2D eigenvalue weighted by Crippen LogP contribution is 2.18. The summed E-state index contributed by atoms with van der Waals surface area (Å²) < 4.78 is 12.9. The molecular formula is C12H13FN4OS. The van der Waals surface area contributed by atoms with E-state index in [1.54, 1.807) is 0 Å². The molecule has 2 aromatic heterocycles. The van der Waals surface area contributed by atoms with Crippen LogP contribution in [0.4, 0.5) is 9.52 Å². The SMILES string of the molecule is CC(C)Cc1nnc(NC(=O)c2cccc(F)n2)s1. The number of pyridine rings is 1. The number of rotatable bonds is 4. The molecule has 0 aliphatic heterocycles. The monoisotopic (exact) mass is 280 g/mol. The lowest BCUT2D eigenvalue weighted by Gasteiger charge is -2.00. The van der Waals surface area contributed by atoms with Gasteiger partial charge in [0.25, 0.3) is 5.91 Å². The van der Waals surface area contributed by atoms with Crippen molar-refractivity contribution in [3.63, 3.8) is 0 Å². The average Bonchev–Trinajstić information content (AvgIpc) is 2.75. The van der Waals surface area contributed by atoms with Gasteiger partial charge in [0, 0.05) is 6.42 Å². The second kappa shape index (κ2) is 5.83. The standard InChI is InChI=1S/C12H13FN4OS/c1-7(2)6-10-16-17-12(19-10)15-11(18)8-4-3-5-9(13)14-8/h3-5,7H,6H2,1-2H3,(H,15,17,18). The van der Waals surface area contributed by atoms with Crippen molar-refractivity contribution in [2.24, 2.45) is 5.92 Å². The second-order valence-corrected chi connectivity index (χ2v) is 5.46. The first-order chi connectivity index (χ1) is 9.04. The van der Waals surface area contributed by atoms with Crippen LogP contribution < -0.4 is 5.32 Å². The van der Waals surface area contributed by atoms with Gasteiger partial charge in [-0.1, -0.05) is 31.3 Å². The van der Waals surface area contributed by atoms with Gasteiger partial charge in [-0.05, 0) is 18.1 Å². The fourth-order valence-electron chi connectivity index (χ4n) is 1.43. The molecule has 1 N–H and O–H groups in total. The van der Waals surface area contributed by atoms with Crippen molar-refractivity contribution in [3.8, 4) is 0 Å². The van der Waals surface area contributed by atoms with Crippen molar-refractivity contribution in [1.82, 2.24) is 15.2 Å². The maximum absolute atomic E-state index is 12.9. The van der Waals surface area contributed by atoms with Crippen molar-refractivity contribution < 1.29 is 9.18 Å². The maximum Gasteiger partial charge on any atom is 0.276 e. The van der Waals surface area contributed by atoms with Gasteiger partial charge in [0.1, 0.15) is 10.7 Å². The van der Waals surface area contributed by atoms with E-state index in [2.05, 4.69) is 34.3 Å². The van der Waals surface area contributed by atoms with E-state index < -0.39 is 11.9 Å². The third-order valence-corrected chi connectivity index (χ3v) is 3.08. The van der Waals surface area contributed by atoms with Crippen LogP contribution in [0, 0.1) is 11.9 Å². The van der Waals surface area contributed by atoms with Crippen molar-refractivity contribution in [3.05, 3.63) is 34.8 Å². The van der Waals surface area contributed by atoms with Gasteiger partial charge in [-0.2, -0.15) is 4.39 Å². The zero-order valence-electron chi connectivity index (χ0n) is 10.6. The van der Waals surface area contributed by atoms with E-state index in [0.717, 1.165) is 11.4 Å². The smallest absolute Gasteiger partial charge is 0.276 e. The highest BCUT2D eigenvalue weighted by molar-refractivity contribution is 7.15. The summed E-state index contributed by atoms with van der Waals surface area (Å²) in [4.78, 5) is 15.3. The summed E-state index contributed by atoms with van der Waals surface area (Å²) in [6.07, 6.45) is 0.811. The summed E-state index contributed by atoms with van der Waals surface area (Å²) in [5.41, 5.74) is 0.0145. The van der Waals surface area contributed by atoms with Gasteiger partial charge < -0.3 is 0 Å². The van der Waals surface area contributed by atoms with Crippen LogP contribution in [0.25, 0.3) is 0 Å². The molecule has 0 spiro atoms. The molecule has 0 saturated heterocycles. The van der Waals surface area contributed by atoms with Gasteiger partial charge in [-0.15, -0.1) is 10.2 Å². The summed E-state index contributed by atoms with van der Waals surface area (Å²) in [6.45, 7) is 4.16. The lowest BCUT2D eigenvalue weighted by molar-refractivity contribution is 0.102. The number of anilines is 1. The molecule has 5 nitrogen and oxygen atoms in total. The summed E-state index contributed by atoms with van der Waals surface area (Å²) in [7, 11) is 0. The lowest BCUT2D eigenvalue weighted by atomic mass is 10.1. The van der Waals surface area contributed by atoms with Crippen LogP contribution in [0.2, 0.25) is 0 Å². The lowest BCUT2D eigenvalue weighted by Crippen LogP contribution is -2.13. The van der Waals surface area contributed by atoms with Gasteiger partial charge in [0.2, 0.25) is 11.1 Å². The van der Waals surface area contributed by atoms with E-state index in [1.165, 1.54) is 29.5 Å². The zero-order chi connectivity index (χ0) is 13.8. The molecule has 0 fully saturated rings. The molecule has 2 rings (SSSR count). The first-order valence-electron chi connectivity index (χ1n) is 5.81. The number of carbonyl (C=O) groups excluding carboxylic acids is 1. The molecule has 1 amide bonds. The van der Waals surface area contributed by atoms with Crippen LogP contribution in [0.1, 0.15) is 29.3 Å². The number of amides is 1. The molecule has 100 valence electrons. The Morgan fingerprint density at radius 3 is 2.89 bits per heavy atom. The Bertz CT molecular complexity index is 585. The van der Waals surface area contributed by atoms with Crippen molar-refractivity contribution in [1.29, 1.82) is 0 Å². The molecule has 2 aromatic rings. The van der Waals surface area contributed by atoms with Gasteiger partial charge in [0.05, 0.1) is 0 Å². The Balaban J connectivity index is 2.05. The Hall–Kier alpha value is -1.89. The number of nitrogens with zero attached hydrogens (tertiary/aromatic N) is 3. The summed E-state index contributed by atoms with van der Waals surface area (Å²) in [5, 5.41) is 11.7. The summed E-state index contributed by atoms with van der Waals surface area (Å²) in [6, 6.07) is 4.05. The second-order valence-electron chi connectivity index (χ2n) is 4.40. The van der Waals surface area contributed by atoms with Crippen LogP contribution in [-0.2, 0) is 6.42 Å². The molecule has 0 unspecified atom stereocenters. The minimum absolute atomic E-state index is 0.0145. The van der Waals surface area contributed by atoms with Crippen LogP contribution in [-0.4, -0.2) is 21.1 Å². The van der Waals surface area contributed by atoms with E-state index in [9.17, 15) is 9.18 Å². The summed E-state index contributed by atoms with van der Waals surface area (Å²) in [5.74, 6) is -0.710. The van der Waals surface area contributed by atoms with Crippen LogP contribution >= 0.6 is 11.3 Å². The molecule has 0 radical (unpaired) electrons. The zero-order valence-corrected chi connectivity index (χ0v) is 11.4. The highest BCUT2D eigenvalue weighted by Gasteiger charge is 2.12. The fraction of sp³-hybridized carbons (Fsp3) is 0.333. The Labute approximate surface area is 113 Å². The van der Waals surface area contributed by atoms with Gasteiger partial charge >= 0.3 is 0 Å². The normalized spacial score (nSPS) is 10.7. The predicted molar refractivity (Wildman–Crippen MR) is 70.6 cm³/mol. The average molecular weight is 280 g/mol. The quantitative estimate of drug-likeness (QED) is 0.874. The molecular weight excluding hydrogens is 267 g/mol. The number of hydrogen-bond donors (Lipinski definition) is 1. The van der Waals surface area contributed by atoms with Crippen LogP contribution in [0.5, 0.6) is 0 Å². The van der Waals surface area contributed by atoms with Crippen LogP contribution in [0.3, 0.4) is 0 Å². The molecule has 0 aliphatic rings. The summed E-state index contributed by atoms with van der Waals surface area (Å²) >= 11 is 1.31. The molecule has 19 heavy (non-hydrogen) atoms. The minimum Gasteiger partial charge on any atom is -0.295 e.